The zero-order chi connectivity index (χ0) is 26.1. The molecule has 3 heterocycles. The Labute approximate surface area is 222 Å². The number of anilines is 2. The van der Waals surface area contributed by atoms with Crippen molar-refractivity contribution in [1.29, 1.82) is 0 Å². The molecule has 1 aliphatic carbocycles. The quantitative estimate of drug-likeness (QED) is 0.299. The number of benzene rings is 2. The van der Waals surface area contributed by atoms with Crippen LogP contribution in [0, 0.1) is 0 Å². The van der Waals surface area contributed by atoms with Gasteiger partial charge in [0.05, 0.1) is 11.0 Å². The van der Waals surface area contributed by atoms with E-state index in [1.54, 1.807) is 0 Å². The number of hydrogen-bond donors (Lipinski definition) is 4. The second-order valence-corrected chi connectivity index (χ2v) is 10.8. The molecule has 0 spiro atoms. The minimum absolute atomic E-state index is 0.194. The number of aromatic nitrogens is 4. The van der Waals surface area contributed by atoms with E-state index in [-0.39, 0.29) is 18.0 Å². The first kappa shape index (κ1) is 24.6. The Bertz CT molecular complexity index is 1400. The number of likely N-dealkylation sites (tertiary alicyclic amines) is 1. The van der Waals surface area contributed by atoms with Crippen molar-refractivity contribution in [2.45, 2.75) is 56.7 Å². The van der Waals surface area contributed by atoms with Gasteiger partial charge in [0.15, 0.2) is 11.6 Å². The van der Waals surface area contributed by atoms with E-state index in [0.29, 0.717) is 17.4 Å². The molecule has 198 valence electrons. The first-order valence-corrected chi connectivity index (χ1v) is 13.7. The lowest BCUT2D eigenvalue weighted by Crippen LogP contribution is -2.36. The normalized spacial score (nSPS) is 21.0. The molecule has 2 fully saturated rings. The highest BCUT2D eigenvalue weighted by atomic mass is 16.1. The minimum Gasteiger partial charge on any atom is -0.382 e. The van der Waals surface area contributed by atoms with E-state index in [9.17, 15) is 4.79 Å². The van der Waals surface area contributed by atoms with Crippen molar-refractivity contribution in [2.75, 3.05) is 30.8 Å². The van der Waals surface area contributed by atoms with E-state index in [0.717, 1.165) is 79.9 Å². The molecule has 5 N–H and O–H groups in total. The maximum Gasteiger partial charge on any atom is 0.256 e. The summed E-state index contributed by atoms with van der Waals surface area (Å²) in [6, 6.07) is 18.6. The first-order chi connectivity index (χ1) is 18.5. The zero-order valence-electron chi connectivity index (χ0n) is 21.9. The number of nitrogens with zero attached hydrogens (tertiary/aromatic N) is 4. The molecule has 2 aliphatic rings. The van der Waals surface area contributed by atoms with Gasteiger partial charge in [-0.2, -0.15) is 5.10 Å². The van der Waals surface area contributed by atoms with Gasteiger partial charge in [-0.25, -0.2) is 4.98 Å². The molecule has 6 rings (SSSR count). The van der Waals surface area contributed by atoms with Crippen LogP contribution in [0.15, 0.2) is 54.6 Å². The third kappa shape index (κ3) is 5.16. The molecule has 9 heteroatoms. The van der Waals surface area contributed by atoms with Gasteiger partial charge in [-0.1, -0.05) is 12.1 Å². The number of fused-ring (bicyclic) bond motifs is 1. The van der Waals surface area contributed by atoms with Crippen LogP contribution in [0.25, 0.3) is 22.6 Å². The van der Waals surface area contributed by atoms with E-state index in [4.69, 9.17) is 10.7 Å². The van der Waals surface area contributed by atoms with Crippen molar-refractivity contribution in [1.82, 2.24) is 24.6 Å². The third-order valence-corrected chi connectivity index (χ3v) is 7.94. The molecule has 0 radical (unpaired) electrons. The van der Waals surface area contributed by atoms with Crippen molar-refractivity contribution in [2.24, 2.45) is 5.73 Å². The topological polar surface area (TPSA) is 117 Å². The lowest BCUT2D eigenvalue weighted by Gasteiger charge is -2.30. The SMILES string of the molecule is CN1CCC(Nc2ccc(C(=O)Nc3cc(-c4nc5ccccc5n4C4CCCC(N)C4)[nH]n3)cc2)CC1. The number of hydrogen-bond acceptors (Lipinski definition) is 6. The Morgan fingerprint density at radius 3 is 2.63 bits per heavy atom. The lowest BCUT2D eigenvalue weighted by molar-refractivity contribution is 0.102. The number of amides is 1. The van der Waals surface area contributed by atoms with Gasteiger partial charge in [0.1, 0.15) is 5.69 Å². The zero-order valence-corrected chi connectivity index (χ0v) is 21.9. The highest BCUT2D eigenvalue weighted by Gasteiger charge is 2.26. The Morgan fingerprint density at radius 2 is 1.84 bits per heavy atom. The molecule has 2 unspecified atom stereocenters. The van der Waals surface area contributed by atoms with Crippen LogP contribution in [0.1, 0.15) is 54.9 Å². The third-order valence-electron chi connectivity index (χ3n) is 7.94. The van der Waals surface area contributed by atoms with E-state index < -0.39 is 0 Å². The molecule has 4 aromatic rings. The van der Waals surface area contributed by atoms with Gasteiger partial charge in [0.25, 0.3) is 5.91 Å². The van der Waals surface area contributed by atoms with Crippen molar-refractivity contribution in [3.05, 3.63) is 60.2 Å². The fraction of sp³-hybridized carbons (Fsp3) is 0.414. The van der Waals surface area contributed by atoms with Crippen LogP contribution >= 0.6 is 0 Å². The Kier molecular flexibility index (Phi) is 6.86. The van der Waals surface area contributed by atoms with Crippen LogP contribution in [-0.2, 0) is 0 Å². The van der Waals surface area contributed by atoms with E-state index in [2.05, 4.69) is 43.4 Å². The predicted molar refractivity (Wildman–Crippen MR) is 151 cm³/mol. The maximum atomic E-state index is 13.0. The Hall–Kier alpha value is -3.69. The summed E-state index contributed by atoms with van der Waals surface area (Å²) in [6.45, 7) is 2.21. The Balaban J connectivity index is 1.17. The molecular weight excluding hydrogens is 476 g/mol. The van der Waals surface area contributed by atoms with Crippen LogP contribution in [0.2, 0.25) is 0 Å². The molecule has 1 amide bonds. The summed E-state index contributed by atoms with van der Waals surface area (Å²) in [5.74, 6) is 1.10. The fourth-order valence-corrected chi connectivity index (χ4v) is 5.83. The monoisotopic (exact) mass is 512 g/mol. The van der Waals surface area contributed by atoms with E-state index in [1.165, 1.54) is 0 Å². The molecule has 1 aliphatic heterocycles. The van der Waals surface area contributed by atoms with Crippen LogP contribution in [0.3, 0.4) is 0 Å². The number of carbonyl (C=O) groups excluding carboxylic acids is 1. The molecule has 2 aromatic heterocycles. The van der Waals surface area contributed by atoms with Crippen LogP contribution in [0.5, 0.6) is 0 Å². The largest absolute Gasteiger partial charge is 0.382 e. The second-order valence-electron chi connectivity index (χ2n) is 10.8. The van der Waals surface area contributed by atoms with E-state index >= 15 is 0 Å². The number of nitrogens with one attached hydrogen (secondary N) is 3. The molecule has 2 atom stereocenters. The maximum absolute atomic E-state index is 13.0. The molecule has 38 heavy (non-hydrogen) atoms. The summed E-state index contributed by atoms with van der Waals surface area (Å²) in [4.78, 5) is 20.2. The number of aromatic amines is 1. The molecule has 9 nitrogen and oxygen atoms in total. The first-order valence-electron chi connectivity index (χ1n) is 13.7. The summed E-state index contributed by atoms with van der Waals surface area (Å²) in [5, 5.41) is 14.0. The number of piperidine rings is 1. The molecule has 1 saturated heterocycles. The van der Waals surface area contributed by atoms with Crippen LogP contribution in [-0.4, -0.2) is 62.8 Å². The second kappa shape index (κ2) is 10.6. The highest BCUT2D eigenvalue weighted by Crippen LogP contribution is 2.35. The van der Waals surface area contributed by atoms with Gasteiger partial charge < -0.3 is 25.8 Å². The fourth-order valence-electron chi connectivity index (χ4n) is 5.83. The molecule has 1 saturated carbocycles. The summed E-state index contributed by atoms with van der Waals surface area (Å²) in [6.07, 6.45) is 6.42. The molecule has 0 bridgehead atoms. The number of para-hydroxylation sites is 2. The van der Waals surface area contributed by atoms with Gasteiger partial charge in [-0.15, -0.1) is 0 Å². The van der Waals surface area contributed by atoms with Gasteiger partial charge in [0, 0.05) is 35.4 Å². The average Bonchev–Trinajstić information content (AvgIpc) is 3.55. The number of rotatable bonds is 6. The van der Waals surface area contributed by atoms with Crippen molar-refractivity contribution >= 4 is 28.4 Å². The Morgan fingerprint density at radius 1 is 1.05 bits per heavy atom. The van der Waals surface area contributed by atoms with Crippen molar-refractivity contribution in [3.63, 3.8) is 0 Å². The molecular formula is C29H36N8O. The summed E-state index contributed by atoms with van der Waals surface area (Å²) >= 11 is 0. The smallest absolute Gasteiger partial charge is 0.256 e. The number of carbonyl (C=O) groups is 1. The summed E-state index contributed by atoms with van der Waals surface area (Å²) in [5.41, 5.74) is 10.8. The van der Waals surface area contributed by atoms with Crippen LogP contribution < -0.4 is 16.4 Å². The predicted octanol–water partition coefficient (Wildman–Crippen LogP) is 4.63. The van der Waals surface area contributed by atoms with Crippen molar-refractivity contribution in [3.8, 4) is 11.5 Å². The summed E-state index contributed by atoms with van der Waals surface area (Å²) in [7, 11) is 2.16. The van der Waals surface area contributed by atoms with Crippen molar-refractivity contribution < 1.29 is 4.79 Å². The minimum atomic E-state index is -0.194. The van der Waals surface area contributed by atoms with Gasteiger partial charge in [-0.3, -0.25) is 9.89 Å². The summed E-state index contributed by atoms with van der Waals surface area (Å²) < 4.78 is 2.30. The number of H-pyrrole nitrogens is 1. The van der Waals surface area contributed by atoms with Crippen LogP contribution in [0.4, 0.5) is 11.5 Å². The van der Waals surface area contributed by atoms with Gasteiger partial charge in [-0.05, 0) is 95.1 Å². The van der Waals surface area contributed by atoms with E-state index in [1.807, 2.05) is 48.5 Å². The average molecular weight is 513 g/mol. The highest BCUT2D eigenvalue weighted by molar-refractivity contribution is 6.04. The lowest BCUT2D eigenvalue weighted by atomic mass is 9.91. The number of nitrogens with two attached hydrogens (primary N) is 1. The molecule has 2 aromatic carbocycles. The van der Waals surface area contributed by atoms with Gasteiger partial charge >= 0.3 is 0 Å². The van der Waals surface area contributed by atoms with Gasteiger partial charge in [0.2, 0.25) is 0 Å². The number of imidazole rings is 1. The standard InChI is InChI=1S/C29H36N8O/c1-36-15-13-22(14-16-36)31-21-11-9-19(10-12-21)29(38)33-27-18-25(34-35-27)28-32-24-7-2-3-8-26(24)37(28)23-6-4-5-20(30)17-23/h2-3,7-12,18,20,22-23,31H,4-6,13-17,30H2,1H3,(H2,33,34,35,38).